The summed E-state index contributed by atoms with van der Waals surface area (Å²) in [5.41, 5.74) is -1.20. The van der Waals surface area contributed by atoms with Crippen LogP contribution in [-0.2, 0) is 14.4 Å². The van der Waals surface area contributed by atoms with Crippen molar-refractivity contribution >= 4 is 33.7 Å². The fourth-order valence-electron chi connectivity index (χ4n) is 4.25. The highest BCUT2D eigenvalue weighted by Crippen LogP contribution is 2.50. The molecule has 2 heterocycles. The second-order valence-electron chi connectivity index (χ2n) is 7.21. The highest BCUT2D eigenvalue weighted by atomic mass is 79.9. The van der Waals surface area contributed by atoms with Crippen molar-refractivity contribution < 1.29 is 24.6 Å². The van der Waals surface area contributed by atoms with Crippen LogP contribution in [0.5, 0.6) is 0 Å². The molecule has 1 aromatic carbocycles. The Kier molecular flexibility index (Phi) is 5.42. The number of benzene rings is 1. The average molecular weight is 439 g/mol. The molecule has 2 aliphatic rings. The lowest BCUT2D eigenvalue weighted by Crippen LogP contribution is -2.62. The minimum Gasteiger partial charge on any atom is -0.480 e. The number of imide groups is 1. The molecule has 2 saturated heterocycles. The normalized spacial score (nSPS) is 31.3. The molecule has 3 N–H and O–H groups in total. The number of aliphatic hydroxyl groups excluding tert-OH is 1. The molecule has 3 rings (SSSR count). The van der Waals surface area contributed by atoms with Gasteiger partial charge in [0.1, 0.15) is 0 Å². The van der Waals surface area contributed by atoms with E-state index < -0.39 is 41.4 Å². The number of likely N-dealkylation sites (tertiary alicyclic amines) is 1. The van der Waals surface area contributed by atoms with Gasteiger partial charge in [0.25, 0.3) is 0 Å². The Hall–Kier alpha value is -1.77. The summed E-state index contributed by atoms with van der Waals surface area (Å²) in [4.78, 5) is 39.5. The van der Waals surface area contributed by atoms with Gasteiger partial charge in [0.2, 0.25) is 11.8 Å². The Balaban J connectivity index is 2.10. The maximum Gasteiger partial charge on any atom is 0.327 e. The SMILES string of the molecule is CCCCN1C(=O)C2C(c3ccc(Br)cc3)NC(C(=O)O)(C(C)O)C2C1=O. The standard InChI is InChI=1S/C19H23BrN2O5/c1-3-4-9-22-16(24)13-14(17(22)25)19(10(2)23,18(26)27)21-15(13)11-5-7-12(20)8-6-11/h5-8,10,13-15,21,23H,3-4,9H2,1-2H3,(H,26,27). The summed E-state index contributed by atoms with van der Waals surface area (Å²) in [7, 11) is 0. The van der Waals surface area contributed by atoms with Gasteiger partial charge in [-0.1, -0.05) is 41.4 Å². The third-order valence-electron chi connectivity index (χ3n) is 5.66. The molecule has 1 aromatic rings. The predicted octanol–water partition coefficient (Wildman–Crippen LogP) is 1.70. The summed E-state index contributed by atoms with van der Waals surface area (Å²) in [5, 5.41) is 23.3. The largest absolute Gasteiger partial charge is 0.480 e. The molecule has 7 nitrogen and oxygen atoms in total. The highest BCUT2D eigenvalue weighted by molar-refractivity contribution is 9.10. The van der Waals surface area contributed by atoms with E-state index in [0.717, 1.165) is 10.9 Å². The van der Waals surface area contributed by atoms with Crippen molar-refractivity contribution in [3.8, 4) is 0 Å². The zero-order valence-electron chi connectivity index (χ0n) is 15.2. The number of unbranched alkanes of at least 4 members (excludes halogenated alkanes) is 1. The minimum absolute atomic E-state index is 0.268. The average Bonchev–Trinajstić information content (AvgIpc) is 3.10. The van der Waals surface area contributed by atoms with Crippen LogP contribution in [0.2, 0.25) is 0 Å². The van der Waals surface area contributed by atoms with Crippen molar-refractivity contribution in [3.63, 3.8) is 0 Å². The Labute approximate surface area is 165 Å². The third kappa shape index (κ3) is 2.99. The number of carboxylic acids is 1. The van der Waals surface area contributed by atoms with Crippen molar-refractivity contribution in [2.45, 2.75) is 44.4 Å². The van der Waals surface area contributed by atoms with Gasteiger partial charge in [-0.2, -0.15) is 0 Å². The minimum atomic E-state index is -1.91. The molecule has 0 bridgehead atoms. The summed E-state index contributed by atoms with van der Waals surface area (Å²) in [5.74, 6) is -4.23. The van der Waals surface area contributed by atoms with Crippen molar-refractivity contribution in [3.05, 3.63) is 34.3 Å². The van der Waals surface area contributed by atoms with Gasteiger partial charge >= 0.3 is 5.97 Å². The van der Waals surface area contributed by atoms with Gasteiger partial charge in [-0.15, -0.1) is 0 Å². The topological polar surface area (TPSA) is 107 Å². The second-order valence-corrected chi connectivity index (χ2v) is 8.12. The lowest BCUT2D eigenvalue weighted by atomic mass is 9.76. The number of halogens is 1. The van der Waals surface area contributed by atoms with Crippen LogP contribution >= 0.6 is 15.9 Å². The number of rotatable bonds is 6. The zero-order valence-corrected chi connectivity index (χ0v) is 16.8. The number of hydrogen-bond acceptors (Lipinski definition) is 5. The van der Waals surface area contributed by atoms with Crippen LogP contribution in [0.15, 0.2) is 28.7 Å². The number of hydrogen-bond donors (Lipinski definition) is 3. The van der Waals surface area contributed by atoms with E-state index in [1.807, 2.05) is 6.92 Å². The van der Waals surface area contributed by atoms with E-state index in [1.54, 1.807) is 24.3 Å². The molecule has 0 spiro atoms. The zero-order chi connectivity index (χ0) is 19.9. The molecule has 146 valence electrons. The van der Waals surface area contributed by atoms with E-state index in [4.69, 9.17) is 0 Å². The number of nitrogens with zero attached hydrogens (tertiary/aromatic N) is 1. The summed E-state index contributed by atoms with van der Waals surface area (Å²) >= 11 is 3.35. The lowest BCUT2D eigenvalue weighted by Gasteiger charge is -2.33. The van der Waals surface area contributed by atoms with E-state index in [1.165, 1.54) is 11.8 Å². The Morgan fingerprint density at radius 1 is 1.30 bits per heavy atom. The molecule has 27 heavy (non-hydrogen) atoms. The van der Waals surface area contributed by atoms with E-state index in [-0.39, 0.29) is 12.5 Å². The van der Waals surface area contributed by atoms with Gasteiger partial charge in [-0.25, -0.2) is 0 Å². The van der Waals surface area contributed by atoms with Gasteiger partial charge in [-0.05, 0) is 31.0 Å². The first-order valence-electron chi connectivity index (χ1n) is 9.05. The van der Waals surface area contributed by atoms with Gasteiger partial charge < -0.3 is 10.2 Å². The molecular weight excluding hydrogens is 416 g/mol. The van der Waals surface area contributed by atoms with Crippen LogP contribution in [0.3, 0.4) is 0 Å². The Morgan fingerprint density at radius 3 is 2.44 bits per heavy atom. The van der Waals surface area contributed by atoms with E-state index in [0.29, 0.717) is 12.0 Å². The van der Waals surface area contributed by atoms with Gasteiger partial charge in [0.15, 0.2) is 5.54 Å². The highest BCUT2D eigenvalue weighted by Gasteiger charge is 2.70. The van der Waals surface area contributed by atoms with Crippen molar-refractivity contribution in [1.29, 1.82) is 0 Å². The molecular formula is C19H23BrN2O5. The molecule has 5 unspecified atom stereocenters. The molecule has 0 radical (unpaired) electrons. The van der Waals surface area contributed by atoms with Crippen molar-refractivity contribution in [2.75, 3.05) is 6.54 Å². The quantitative estimate of drug-likeness (QED) is 0.583. The molecule has 0 saturated carbocycles. The number of aliphatic carboxylic acids is 1. The molecule has 0 aliphatic carbocycles. The number of amides is 2. The lowest BCUT2D eigenvalue weighted by molar-refractivity contribution is -0.156. The molecule has 5 atom stereocenters. The first kappa shape index (κ1) is 20.0. The van der Waals surface area contributed by atoms with Crippen LogP contribution < -0.4 is 5.32 Å². The number of nitrogens with one attached hydrogen (secondary N) is 1. The van der Waals surface area contributed by atoms with Crippen LogP contribution in [0.1, 0.15) is 38.3 Å². The van der Waals surface area contributed by atoms with E-state index >= 15 is 0 Å². The Morgan fingerprint density at radius 2 is 1.93 bits per heavy atom. The third-order valence-corrected chi connectivity index (χ3v) is 6.19. The Bertz CT molecular complexity index is 766. The molecule has 2 aliphatic heterocycles. The van der Waals surface area contributed by atoms with E-state index in [9.17, 15) is 24.6 Å². The van der Waals surface area contributed by atoms with Crippen LogP contribution in [0.25, 0.3) is 0 Å². The first-order chi connectivity index (χ1) is 12.8. The molecule has 2 amide bonds. The summed E-state index contributed by atoms with van der Waals surface area (Å²) < 4.78 is 0.846. The number of carboxylic acid groups (broad SMARTS) is 1. The monoisotopic (exact) mass is 438 g/mol. The van der Waals surface area contributed by atoms with Gasteiger partial charge in [0, 0.05) is 17.1 Å². The summed E-state index contributed by atoms with van der Waals surface area (Å²) in [6.45, 7) is 3.56. The predicted molar refractivity (Wildman–Crippen MR) is 101 cm³/mol. The van der Waals surface area contributed by atoms with Gasteiger partial charge in [0.05, 0.1) is 17.9 Å². The summed E-state index contributed by atoms with van der Waals surface area (Å²) in [6, 6.07) is 6.49. The smallest absolute Gasteiger partial charge is 0.327 e. The van der Waals surface area contributed by atoms with Crippen LogP contribution in [0, 0.1) is 11.8 Å². The fourth-order valence-corrected chi connectivity index (χ4v) is 4.52. The number of carbonyl (C=O) groups is 3. The van der Waals surface area contributed by atoms with Crippen molar-refractivity contribution in [2.24, 2.45) is 11.8 Å². The van der Waals surface area contributed by atoms with Crippen LogP contribution in [0.4, 0.5) is 0 Å². The molecule has 0 aromatic heterocycles. The molecule has 2 fully saturated rings. The number of carbonyl (C=O) groups excluding carboxylic acids is 2. The van der Waals surface area contributed by atoms with E-state index in [2.05, 4.69) is 21.2 Å². The van der Waals surface area contributed by atoms with Gasteiger partial charge in [-0.3, -0.25) is 24.6 Å². The van der Waals surface area contributed by atoms with Crippen LogP contribution in [-0.4, -0.2) is 51.1 Å². The fraction of sp³-hybridized carbons (Fsp3) is 0.526. The molecule has 8 heteroatoms. The maximum atomic E-state index is 13.1. The first-order valence-corrected chi connectivity index (χ1v) is 9.84. The summed E-state index contributed by atoms with van der Waals surface area (Å²) in [6.07, 6.45) is 0.106. The second kappa shape index (κ2) is 7.33. The number of aliphatic hydroxyl groups is 1. The number of fused-ring (bicyclic) bond motifs is 1. The van der Waals surface area contributed by atoms with Crippen molar-refractivity contribution in [1.82, 2.24) is 10.2 Å². The maximum absolute atomic E-state index is 13.1.